The Morgan fingerprint density at radius 1 is 1.41 bits per heavy atom. The van der Waals surface area contributed by atoms with Crippen LogP contribution in [0.5, 0.6) is 5.88 Å². The van der Waals surface area contributed by atoms with Crippen LogP contribution in [0.2, 0.25) is 0 Å². The Balaban J connectivity index is 2.92. The number of pyridine rings is 1. The van der Waals surface area contributed by atoms with Gasteiger partial charge in [0.05, 0.1) is 7.11 Å². The molecule has 0 aliphatic heterocycles. The maximum absolute atomic E-state index is 12.2. The Kier molecular flexibility index (Phi) is 6.08. The zero-order valence-electron chi connectivity index (χ0n) is 9.53. The predicted octanol–water partition coefficient (Wildman–Crippen LogP) is 2.01. The van der Waals surface area contributed by atoms with Gasteiger partial charge in [0, 0.05) is 31.0 Å². The number of nitrogens with zero attached hydrogens (tertiary/aromatic N) is 2. The average molecular weight is 277 g/mol. The largest absolute Gasteiger partial charge is 0.480 e. The van der Waals surface area contributed by atoms with Crippen LogP contribution in [0.3, 0.4) is 0 Å². The monoisotopic (exact) mass is 276 g/mol. The van der Waals surface area contributed by atoms with Crippen LogP contribution in [-0.2, 0) is 0 Å². The van der Waals surface area contributed by atoms with E-state index >= 15 is 0 Å². The number of rotatable bonds is 6. The first-order chi connectivity index (χ1) is 8.24. The van der Waals surface area contributed by atoms with Crippen LogP contribution in [0.25, 0.3) is 0 Å². The van der Waals surface area contributed by atoms with Gasteiger partial charge in [0.15, 0.2) is 0 Å². The fourth-order valence-corrected chi connectivity index (χ4v) is 1.81. The number of methoxy groups -OCH3 is 1. The Hall–Kier alpha value is -1.00. The number of hydrogen-bond donors (Lipinski definition) is 0. The second-order valence-corrected chi connectivity index (χ2v) is 3.99. The van der Waals surface area contributed by atoms with Crippen LogP contribution in [0, 0.1) is 0 Å². The second-order valence-electron chi connectivity index (χ2n) is 3.23. The molecule has 0 N–H and O–H groups in total. The van der Waals surface area contributed by atoms with Crippen LogP contribution >= 0.6 is 23.2 Å². The molecule has 1 aromatic heterocycles. The van der Waals surface area contributed by atoms with Crippen LogP contribution in [0.4, 0.5) is 0 Å². The molecule has 1 heterocycles. The molecule has 0 bridgehead atoms. The summed E-state index contributed by atoms with van der Waals surface area (Å²) in [5.74, 6) is 0.874. The van der Waals surface area contributed by atoms with E-state index in [0.717, 1.165) is 0 Å². The summed E-state index contributed by atoms with van der Waals surface area (Å²) in [7, 11) is 1.48. The van der Waals surface area contributed by atoms with Gasteiger partial charge in [0.25, 0.3) is 5.91 Å². The lowest BCUT2D eigenvalue weighted by atomic mass is 10.2. The molecule has 0 spiro atoms. The number of carbonyl (C=O) groups excluding carboxylic acids is 1. The smallest absolute Gasteiger partial charge is 0.259 e. The van der Waals surface area contributed by atoms with E-state index in [1.54, 1.807) is 23.2 Å². The Labute approximate surface area is 110 Å². The van der Waals surface area contributed by atoms with Crippen molar-refractivity contribution in [3.63, 3.8) is 0 Å². The molecule has 0 fully saturated rings. The average Bonchev–Trinajstić information content (AvgIpc) is 2.37. The number of aromatic nitrogens is 1. The van der Waals surface area contributed by atoms with Crippen LogP contribution in [0.1, 0.15) is 10.4 Å². The van der Waals surface area contributed by atoms with Gasteiger partial charge in [-0.25, -0.2) is 4.98 Å². The first-order valence-corrected chi connectivity index (χ1v) is 6.21. The molecule has 17 heavy (non-hydrogen) atoms. The van der Waals surface area contributed by atoms with Crippen molar-refractivity contribution in [2.75, 3.05) is 32.0 Å². The molecular weight excluding hydrogens is 263 g/mol. The van der Waals surface area contributed by atoms with E-state index in [9.17, 15) is 4.79 Å². The lowest BCUT2D eigenvalue weighted by Crippen LogP contribution is -2.34. The molecule has 0 aromatic carbocycles. The highest BCUT2D eigenvalue weighted by Gasteiger charge is 2.19. The van der Waals surface area contributed by atoms with Gasteiger partial charge in [0.2, 0.25) is 5.88 Å². The molecule has 0 aliphatic rings. The number of ether oxygens (including phenoxy) is 1. The summed E-state index contributed by atoms with van der Waals surface area (Å²) >= 11 is 11.3. The zero-order chi connectivity index (χ0) is 12.7. The number of hydrogen-bond acceptors (Lipinski definition) is 3. The minimum absolute atomic E-state index is 0.170. The summed E-state index contributed by atoms with van der Waals surface area (Å²) in [6.07, 6.45) is 1.57. The molecule has 0 radical (unpaired) electrons. The number of halogens is 2. The number of alkyl halides is 2. The fourth-order valence-electron chi connectivity index (χ4n) is 1.41. The Morgan fingerprint density at radius 2 is 2.06 bits per heavy atom. The Morgan fingerprint density at radius 3 is 2.59 bits per heavy atom. The SMILES string of the molecule is COc1ncccc1C(=O)N(CCCl)CCCl. The number of carbonyl (C=O) groups is 1. The van der Waals surface area contributed by atoms with Gasteiger partial charge >= 0.3 is 0 Å². The summed E-state index contributed by atoms with van der Waals surface area (Å²) in [6.45, 7) is 0.899. The minimum atomic E-state index is -0.170. The molecule has 0 unspecified atom stereocenters. The lowest BCUT2D eigenvalue weighted by molar-refractivity contribution is 0.0771. The van der Waals surface area contributed by atoms with E-state index in [2.05, 4.69) is 4.98 Å². The van der Waals surface area contributed by atoms with E-state index in [1.165, 1.54) is 7.11 Å². The van der Waals surface area contributed by atoms with Crippen molar-refractivity contribution < 1.29 is 9.53 Å². The molecule has 6 heteroatoms. The third-order valence-corrected chi connectivity index (χ3v) is 2.53. The van der Waals surface area contributed by atoms with E-state index in [1.807, 2.05) is 0 Å². The molecule has 0 saturated heterocycles. The zero-order valence-corrected chi connectivity index (χ0v) is 11.0. The highest BCUT2D eigenvalue weighted by atomic mass is 35.5. The summed E-state index contributed by atoms with van der Waals surface area (Å²) < 4.78 is 5.05. The molecule has 1 amide bonds. The van der Waals surface area contributed by atoms with Gasteiger partial charge in [-0.1, -0.05) is 0 Å². The van der Waals surface area contributed by atoms with Crippen molar-refractivity contribution in [3.05, 3.63) is 23.9 Å². The summed E-state index contributed by atoms with van der Waals surface area (Å²) in [4.78, 5) is 17.8. The third kappa shape index (κ3) is 3.75. The van der Waals surface area contributed by atoms with E-state index < -0.39 is 0 Å². The highest BCUT2D eigenvalue weighted by molar-refractivity contribution is 6.18. The quantitative estimate of drug-likeness (QED) is 0.747. The maximum atomic E-state index is 12.2. The summed E-state index contributed by atoms with van der Waals surface area (Å²) in [5.41, 5.74) is 0.422. The minimum Gasteiger partial charge on any atom is -0.480 e. The first-order valence-electron chi connectivity index (χ1n) is 5.14. The van der Waals surface area contributed by atoms with Crippen molar-refractivity contribution in [2.45, 2.75) is 0 Å². The van der Waals surface area contributed by atoms with Gasteiger partial charge in [-0.3, -0.25) is 4.79 Å². The molecule has 0 aliphatic carbocycles. The van der Waals surface area contributed by atoms with Crippen LogP contribution in [0.15, 0.2) is 18.3 Å². The maximum Gasteiger partial charge on any atom is 0.259 e. The van der Waals surface area contributed by atoms with Gasteiger partial charge in [-0.05, 0) is 12.1 Å². The van der Waals surface area contributed by atoms with Crippen molar-refractivity contribution in [1.29, 1.82) is 0 Å². The molecule has 1 aromatic rings. The first kappa shape index (κ1) is 14.1. The van der Waals surface area contributed by atoms with Gasteiger partial charge in [-0.2, -0.15) is 0 Å². The van der Waals surface area contributed by atoms with E-state index in [-0.39, 0.29) is 5.91 Å². The third-order valence-electron chi connectivity index (χ3n) is 2.19. The molecule has 1 rings (SSSR count). The van der Waals surface area contributed by atoms with Crippen LogP contribution in [-0.4, -0.2) is 47.8 Å². The van der Waals surface area contributed by atoms with Crippen molar-refractivity contribution in [3.8, 4) is 5.88 Å². The fraction of sp³-hybridized carbons (Fsp3) is 0.455. The van der Waals surface area contributed by atoms with Crippen molar-refractivity contribution >= 4 is 29.1 Å². The normalized spacial score (nSPS) is 10.1. The standard InChI is InChI=1S/C11H14Cl2N2O2/c1-17-10-9(3-2-6-14-10)11(16)15(7-4-12)8-5-13/h2-3,6H,4-5,7-8H2,1H3. The number of amides is 1. The summed E-state index contributed by atoms with van der Waals surface area (Å²) in [5, 5.41) is 0. The topological polar surface area (TPSA) is 42.4 Å². The van der Waals surface area contributed by atoms with Gasteiger partial charge in [0.1, 0.15) is 5.56 Å². The van der Waals surface area contributed by atoms with Gasteiger partial charge < -0.3 is 9.64 Å². The Bertz CT molecular complexity index is 368. The van der Waals surface area contributed by atoms with Crippen LogP contribution < -0.4 is 4.74 Å². The molecule has 0 saturated carbocycles. The van der Waals surface area contributed by atoms with Gasteiger partial charge in [-0.15, -0.1) is 23.2 Å². The highest BCUT2D eigenvalue weighted by Crippen LogP contribution is 2.16. The van der Waals surface area contributed by atoms with Crippen molar-refractivity contribution in [1.82, 2.24) is 9.88 Å². The van der Waals surface area contributed by atoms with Crippen molar-refractivity contribution in [2.24, 2.45) is 0 Å². The van der Waals surface area contributed by atoms with E-state index in [4.69, 9.17) is 27.9 Å². The predicted molar refractivity (Wildman–Crippen MR) is 68.1 cm³/mol. The summed E-state index contributed by atoms with van der Waals surface area (Å²) in [6, 6.07) is 3.36. The molecule has 0 atom stereocenters. The van der Waals surface area contributed by atoms with E-state index in [0.29, 0.717) is 36.3 Å². The second kappa shape index (κ2) is 7.35. The molecule has 4 nitrogen and oxygen atoms in total. The molecular formula is C11H14Cl2N2O2. The molecule has 94 valence electrons. The lowest BCUT2D eigenvalue weighted by Gasteiger charge is -2.21.